The summed E-state index contributed by atoms with van der Waals surface area (Å²) in [7, 11) is 1.67. The summed E-state index contributed by atoms with van der Waals surface area (Å²) in [5.41, 5.74) is 2.08. The second kappa shape index (κ2) is 8.90. The number of hydrogen-bond donors (Lipinski definition) is 0. The van der Waals surface area contributed by atoms with Gasteiger partial charge in [0.1, 0.15) is 5.75 Å². The second-order valence-electron chi connectivity index (χ2n) is 7.10. The Morgan fingerprint density at radius 3 is 2.41 bits per heavy atom. The molecule has 0 radical (unpaired) electrons. The minimum absolute atomic E-state index is 0.0338. The van der Waals surface area contributed by atoms with Gasteiger partial charge >= 0.3 is 0 Å². The van der Waals surface area contributed by atoms with Gasteiger partial charge in [-0.2, -0.15) is 0 Å². The summed E-state index contributed by atoms with van der Waals surface area (Å²) in [5, 5.41) is 0. The lowest BCUT2D eigenvalue weighted by molar-refractivity contribution is -0.126. The van der Waals surface area contributed by atoms with E-state index in [1.54, 1.807) is 13.2 Å². The zero-order valence-corrected chi connectivity index (χ0v) is 16.7. The van der Waals surface area contributed by atoms with Crippen molar-refractivity contribution in [3.63, 3.8) is 0 Å². The number of carbonyl (C=O) groups excluding carboxylic acids is 1. The van der Waals surface area contributed by atoms with Gasteiger partial charge in [-0.3, -0.25) is 4.79 Å². The third-order valence-corrected chi connectivity index (χ3v) is 5.22. The van der Waals surface area contributed by atoms with Gasteiger partial charge in [0.25, 0.3) is 0 Å². The predicted octanol–water partition coefficient (Wildman–Crippen LogP) is 3.22. The van der Waals surface area contributed by atoms with Crippen LogP contribution in [0, 0.1) is 0 Å². The summed E-state index contributed by atoms with van der Waals surface area (Å²) in [5.74, 6) is 2.39. The number of carbonyl (C=O) groups is 1. The Balaban J connectivity index is 1.33. The average molecular weight is 394 g/mol. The van der Waals surface area contributed by atoms with Gasteiger partial charge in [-0.1, -0.05) is 6.07 Å². The standard InChI is InChI=1S/C23H26N2O4/c1-27-20-7-5-19(6-8-20)24-11-13-25(14-12-24)23(26)10-4-18-3-9-21-22(17-18)29-16-2-15-28-21/h3-10,17H,2,11-16H2,1H3/b10-4+. The summed E-state index contributed by atoms with van der Waals surface area (Å²) >= 11 is 0. The van der Waals surface area contributed by atoms with E-state index in [0.717, 1.165) is 48.0 Å². The molecule has 1 amide bonds. The largest absolute Gasteiger partial charge is 0.497 e. The lowest BCUT2D eigenvalue weighted by Crippen LogP contribution is -2.48. The predicted molar refractivity (Wildman–Crippen MR) is 113 cm³/mol. The Labute approximate surface area is 171 Å². The van der Waals surface area contributed by atoms with Crippen molar-refractivity contribution in [1.82, 2.24) is 4.90 Å². The topological polar surface area (TPSA) is 51.2 Å². The maximum atomic E-state index is 12.6. The highest BCUT2D eigenvalue weighted by molar-refractivity contribution is 5.92. The van der Waals surface area contributed by atoms with Crippen molar-refractivity contribution in [2.75, 3.05) is 51.4 Å². The van der Waals surface area contributed by atoms with Crippen LogP contribution in [0.2, 0.25) is 0 Å². The van der Waals surface area contributed by atoms with Gasteiger partial charge < -0.3 is 24.0 Å². The van der Waals surface area contributed by atoms with E-state index in [1.165, 1.54) is 0 Å². The number of benzene rings is 2. The van der Waals surface area contributed by atoms with Gasteiger partial charge in [0.05, 0.1) is 20.3 Å². The molecule has 0 unspecified atom stereocenters. The molecule has 0 atom stereocenters. The summed E-state index contributed by atoms with van der Waals surface area (Å²) in [6.45, 7) is 4.36. The summed E-state index contributed by atoms with van der Waals surface area (Å²) in [6.07, 6.45) is 4.36. The van der Waals surface area contributed by atoms with Crippen molar-refractivity contribution in [2.45, 2.75) is 6.42 Å². The molecule has 0 saturated carbocycles. The number of amides is 1. The van der Waals surface area contributed by atoms with Gasteiger partial charge in [0.2, 0.25) is 5.91 Å². The van der Waals surface area contributed by atoms with Crippen LogP contribution in [-0.4, -0.2) is 57.3 Å². The van der Waals surface area contributed by atoms with Crippen molar-refractivity contribution in [3.05, 3.63) is 54.1 Å². The number of ether oxygens (including phenoxy) is 3. The van der Waals surface area contributed by atoms with E-state index in [9.17, 15) is 4.79 Å². The first-order valence-electron chi connectivity index (χ1n) is 9.98. The SMILES string of the molecule is COc1ccc(N2CCN(C(=O)/C=C/c3ccc4c(c3)OCCCO4)CC2)cc1. The smallest absolute Gasteiger partial charge is 0.246 e. The first-order chi connectivity index (χ1) is 14.2. The number of rotatable bonds is 4. The molecule has 0 spiro atoms. The van der Waals surface area contributed by atoms with Crippen molar-refractivity contribution in [2.24, 2.45) is 0 Å². The molecule has 0 aromatic heterocycles. The molecule has 4 rings (SSSR count). The van der Waals surface area contributed by atoms with Crippen LogP contribution in [0.4, 0.5) is 5.69 Å². The number of fused-ring (bicyclic) bond motifs is 1. The first-order valence-corrected chi connectivity index (χ1v) is 9.98. The molecular weight excluding hydrogens is 368 g/mol. The third-order valence-electron chi connectivity index (χ3n) is 5.22. The second-order valence-corrected chi connectivity index (χ2v) is 7.10. The van der Waals surface area contributed by atoms with Crippen LogP contribution >= 0.6 is 0 Å². The van der Waals surface area contributed by atoms with Crippen LogP contribution in [0.1, 0.15) is 12.0 Å². The number of hydrogen-bond acceptors (Lipinski definition) is 5. The van der Waals surface area contributed by atoms with E-state index >= 15 is 0 Å². The van der Waals surface area contributed by atoms with Gasteiger partial charge in [0.15, 0.2) is 11.5 Å². The first kappa shape index (κ1) is 19.2. The lowest BCUT2D eigenvalue weighted by atomic mass is 10.1. The molecule has 6 heteroatoms. The quantitative estimate of drug-likeness (QED) is 0.746. The van der Waals surface area contributed by atoms with Crippen molar-refractivity contribution in [1.29, 1.82) is 0 Å². The fraction of sp³-hybridized carbons (Fsp3) is 0.348. The molecule has 1 saturated heterocycles. The Morgan fingerprint density at radius 2 is 1.69 bits per heavy atom. The lowest BCUT2D eigenvalue weighted by Gasteiger charge is -2.35. The van der Waals surface area contributed by atoms with Crippen molar-refractivity contribution >= 4 is 17.7 Å². The van der Waals surface area contributed by atoms with Crippen molar-refractivity contribution < 1.29 is 19.0 Å². The Morgan fingerprint density at radius 1 is 0.966 bits per heavy atom. The van der Waals surface area contributed by atoms with E-state index in [1.807, 2.05) is 41.3 Å². The number of methoxy groups -OCH3 is 1. The summed E-state index contributed by atoms with van der Waals surface area (Å²) in [6, 6.07) is 13.8. The Kier molecular flexibility index (Phi) is 5.89. The minimum atomic E-state index is 0.0338. The van der Waals surface area contributed by atoms with Gasteiger partial charge in [-0.15, -0.1) is 0 Å². The van der Waals surface area contributed by atoms with Gasteiger partial charge in [-0.05, 0) is 48.0 Å². The molecule has 2 aliphatic heterocycles. The molecule has 2 aromatic rings. The molecule has 2 aliphatic rings. The summed E-state index contributed by atoms with van der Waals surface area (Å²) < 4.78 is 16.6. The molecule has 152 valence electrons. The molecular formula is C23H26N2O4. The fourth-order valence-electron chi connectivity index (χ4n) is 3.53. The molecule has 6 nitrogen and oxygen atoms in total. The van der Waals surface area contributed by atoms with Crippen molar-refractivity contribution in [3.8, 4) is 17.2 Å². The highest BCUT2D eigenvalue weighted by Crippen LogP contribution is 2.30. The van der Waals surface area contributed by atoms with Crippen LogP contribution in [-0.2, 0) is 4.79 Å². The minimum Gasteiger partial charge on any atom is -0.497 e. The average Bonchev–Trinajstić information content (AvgIpc) is 3.02. The van der Waals surface area contributed by atoms with Gasteiger partial charge in [0, 0.05) is 44.4 Å². The van der Waals surface area contributed by atoms with Gasteiger partial charge in [-0.25, -0.2) is 0 Å². The zero-order chi connectivity index (χ0) is 20.1. The van der Waals surface area contributed by atoms with Crippen LogP contribution in [0.15, 0.2) is 48.5 Å². The number of piperazine rings is 1. The van der Waals surface area contributed by atoms with E-state index in [2.05, 4.69) is 17.0 Å². The Bertz CT molecular complexity index is 871. The van der Waals surface area contributed by atoms with E-state index in [0.29, 0.717) is 26.3 Å². The van der Waals surface area contributed by atoms with Crippen LogP contribution in [0.25, 0.3) is 6.08 Å². The van der Waals surface area contributed by atoms with Crippen LogP contribution in [0.5, 0.6) is 17.2 Å². The van der Waals surface area contributed by atoms with E-state index in [-0.39, 0.29) is 5.91 Å². The highest BCUT2D eigenvalue weighted by Gasteiger charge is 2.20. The molecule has 0 bridgehead atoms. The monoisotopic (exact) mass is 394 g/mol. The summed E-state index contributed by atoms with van der Waals surface area (Å²) in [4.78, 5) is 16.8. The maximum absolute atomic E-state index is 12.6. The molecule has 29 heavy (non-hydrogen) atoms. The molecule has 0 N–H and O–H groups in total. The molecule has 2 aromatic carbocycles. The molecule has 1 fully saturated rings. The zero-order valence-electron chi connectivity index (χ0n) is 16.7. The van der Waals surface area contributed by atoms with Crippen LogP contribution < -0.4 is 19.1 Å². The number of anilines is 1. The van der Waals surface area contributed by atoms with E-state index in [4.69, 9.17) is 14.2 Å². The molecule has 0 aliphatic carbocycles. The van der Waals surface area contributed by atoms with E-state index < -0.39 is 0 Å². The normalized spacial score (nSPS) is 16.6. The molecule has 2 heterocycles. The number of nitrogens with zero attached hydrogens (tertiary/aromatic N) is 2. The van der Waals surface area contributed by atoms with Crippen LogP contribution in [0.3, 0.4) is 0 Å². The third kappa shape index (κ3) is 4.65. The Hall–Kier alpha value is -3.15. The fourth-order valence-corrected chi connectivity index (χ4v) is 3.53. The maximum Gasteiger partial charge on any atom is 0.246 e. The highest BCUT2D eigenvalue weighted by atomic mass is 16.5.